The van der Waals surface area contributed by atoms with Crippen molar-refractivity contribution >= 4 is 34.1 Å². The fraction of sp³-hybridized carbons (Fsp3) is 0.100. The number of hydrogen-bond acceptors (Lipinski definition) is 1. The summed E-state index contributed by atoms with van der Waals surface area (Å²) in [6, 6.07) is 5.84. The summed E-state index contributed by atoms with van der Waals surface area (Å²) in [5, 5.41) is -0.954. The second-order valence-electron chi connectivity index (χ2n) is 3.11. The summed E-state index contributed by atoms with van der Waals surface area (Å²) in [5.41, 5.74) is -0.769. The molecule has 0 unspecified atom stereocenters. The number of alkyl halides is 3. The standard InChI is InChI=1S/C10H4Cl2F3N/c11-8-7(10(13,14)15)5-3-1-2-4-6(5)16-9(8)12/h1-4H. The third-order valence-corrected chi connectivity index (χ3v) is 2.81. The summed E-state index contributed by atoms with van der Waals surface area (Å²) in [4.78, 5) is 3.78. The van der Waals surface area contributed by atoms with Crippen LogP contribution in [0.5, 0.6) is 0 Å². The second kappa shape index (κ2) is 3.79. The minimum Gasteiger partial charge on any atom is -0.234 e. The highest BCUT2D eigenvalue weighted by Gasteiger charge is 2.36. The molecule has 0 spiro atoms. The number of pyridine rings is 1. The smallest absolute Gasteiger partial charge is 0.234 e. The van der Waals surface area contributed by atoms with Gasteiger partial charge in [0, 0.05) is 5.39 Å². The molecule has 0 N–H and O–H groups in total. The lowest BCUT2D eigenvalue weighted by Gasteiger charge is -2.12. The first-order valence-corrected chi connectivity index (χ1v) is 4.98. The van der Waals surface area contributed by atoms with Gasteiger partial charge in [-0.15, -0.1) is 0 Å². The van der Waals surface area contributed by atoms with E-state index in [2.05, 4.69) is 4.98 Å². The zero-order valence-electron chi connectivity index (χ0n) is 7.65. The van der Waals surface area contributed by atoms with Crippen LogP contribution in [0.4, 0.5) is 13.2 Å². The highest BCUT2D eigenvalue weighted by atomic mass is 35.5. The molecule has 0 atom stereocenters. The van der Waals surface area contributed by atoms with E-state index in [4.69, 9.17) is 23.2 Å². The largest absolute Gasteiger partial charge is 0.418 e. The van der Waals surface area contributed by atoms with E-state index in [1.807, 2.05) is 0 Å². The molecule has 0 radical (unpaired) electrons. The van der Waals surface area contributed by atoms with Crippen LogP contribution >= 0.6 is 23.2 Å². The first kappa shape index (κ1) is 11.5. The first-order chi connectivity index (χ1) is 7.41. The van der Waals surface area contributed by atoms with Crippen molar-refractivity contribution in [1.82, 2.24) is 4.98 Å². The van der Waals surface area contributed by atoms with E-state index in [1.165, 1.54) is 18.2 Å². The third-order valence-electron chi connectivity index (χ3n) is 2.08. The molecule has 2 rings (SSSR count). The molecule has 84 valence electrons. The minimum absolute atomic E-state index is 0.0515. The van der Waals surface area contributed by atoms with E-state index >= 15 is 0 Å². The minimum atomic E-state index is -4.55. The molecular formula is C10H4Cl2F3N. The number of hydrogen-bond donors (Lipinski definition) is 0. The molecule has 0 aliphatic heterocycles. The quantitative estimate of drug-likeness (QED) is 0.637. The molecule has 0 saturated carbocycles. The SMILES string of the molecule is FC(F)(F)c1c(Cl)c(Cl)nc2ccccc12. The Kier molecular flexibility index (Phi) is 2.72. The highest BCUT2D eigenvalue weighted by molar-refractivity contribution is 6.42. The van der Waals surface area contributed by atoms with Gasteiger partial charge in [0.25, 0.3) is 0 Å². The van der Waals surface area contributed by atoms with E-state index in [9.17, 15) is 13.2 Å². The molecule has 1 nitrogen and oxygen atoms in total. The van der Waals surface area contributed by atoms with Gasteiger partial charge in [0.1, 0.15) is 5.15 Å². The molecule has 2 aromatic rings. The van der Waals surface area contributed by atoms with Crippen molar-refractivity contribution in [2.45, 2.75) is 6.18 Å². The lowest BCUT2D eigenvalue weighted by molar-refractivity contribution is -0.136. The molecule has 0 bridgehead atoms. The molecule has 0 aliphatic rings. The average Bonchev–Trinajstić information content (AvgIpc) is 2.17. The number of rotatable bonds is 0. The third kappa shape index (κ3) is 1.83. The number of halogens is 5. The zero-order valence-corrected chi connectivity index (χ0v) is 9.16. The second-order valence-corrected chi connectivity index (χ2v) is 3.84. The number of para-hydroxylation sites is 1. The lowest BCUT2D eigenvalue weighted by Crippen LogP contribution is -2.08. The van der Waals surface area contributed by atoms with Crippen LogP contribution < -0.4 is 0 Å². The van der Waals surface area contributed by atoms with E-state index in [0.717, 1.165) is 0 Å². The van der Waals surface area contributed by atoms with Gasteiger partial charge >= 0.3 is 6.18 Å². The Morgan fingerprint density at radius 1 is 1.06 bits per heavy atom. The number of fused-ring (bicyclic) bond motifs is 1. The Morgan fingerprint density at radius 2 is 1.69 bits per heavy atom. The monoisotopic (exact) mass is 265 g/mol. The van der Waals surface area contributed by atoms with Crippen LogP contribution in [0, 0.1) is 0 Å². The Hall–Kier alpha value is -1.00. The first-order valence-electron chi connectivity index (χ1n) is 4.22. The summed E-state index contributed by atoms with van der Waals surface area (Å²) < 4.78 is 38.4. The molecule has 0 saturated heterocycles. The normalized spacial score (nSPS) is 12.1. The summed E-state index contributed by atoms with van der Waals surface area (Å²) in [7, 11) is 0. The van der Waals surface area contributed by atoms with Crippen LogP contribution in [0.1, 0.15) is 5.56 Å². The number of nitrogens with zero attached hydrogens (tertiary/aromatic N) is 1. The molecular weight excluding hydrogens is 262 g/mol. The molecule has 16 heavy (non-hydrogen) atoms. The van der Waals surface area contributed by atoms with Gasteiger partial charge in [-0.2, -0.15) is 13.2 Å². The maximum absolute atomic E-state index is 12.8. The van der Waals surface area contributed by atoms with E-state index in [1.54, 1.807) is 6.07 Å². The van der Waals surface area contributed by atoms with Crippen molar-refractivity contribution in [3.05, 3.63) is 40.0 Å². The number of aromatic nitrogens is 1. The summed E-state index contributed by atoms with van der Waals surface area (Å²) in [6.45, 7) is 0. The maximum atomic E-state index is 12.8. The van der Waals surface area contributed by atoms with Crippen LogP contribution in [0.15, 0.2) is 24.3 Å². The van der Waals surface area contributed by atoms with Crippen molar-refractivity contribution in [1.29, 1.82) is 0 Å². The van der Waals surface area contributed by atoms with Crippen molar-refractivity contribution in [3.8, 4) is 0 Å². The van der Waals surface area contributed by atoms with E-state index in [0.29, 0.717) is 0 Å². The van der Waals surface area contributed by atoms with Crippen LogP contribution in [0.3, 0.4) is 0 Å². The predicted octanol–water partition coefficient (Wildman–Crippen LogP) is 4.56. The van der Waals surface area contributed by atoms with Crippen LogP contribution in [0.2, 0.25) is 10.2 Å². The van der Waals surface area contributed by atoms with E-state index < -0.39 is 16.8 Å². The Morgan fingerprint density at radius 3 is 2.31 bits per heavy atom. The van der Waals surface area contributed by atoms with Crippen molar-refractivity contribution in [2.75, 3.05) is 0 Å². The molecule has 0 aliphatic carbocycles. The number of benzene rings is 1. The van der Waals surface area contributed by atoms with Gasteiger partial charge in [0.05, 0.1) is 16.1 Å². The predicted molar refractivity (Wildman–Crippen MR) is 56.8 cm³/mol. The molecule has 1 aromatic heterocycles. The van der Waals surface area contributed by atoms with Gasteiger partial charge in [0.15, 0.2) is 0 Å². The van der Waals surface area contributed by atoms with Crippen molar-refractivity contribution < 1.29 is 13.2 Å². The van der Waals surface area contributed by atoms with Gasteiger partial charge in [-0.25, -0.2) is 4.98 Å². The van der Waals surface area contributed by atoms with Gasteiger partial charge < -0.3 is 0 Å². The highest BCUT2D eigenvalue weighted by Crippen LogP contribution is 2.41. The summed E-state index contributed by atoms with van der Waals surface area (Å²) in [5.74, 6) is 0. The molecule has 0 fully saturated rings. The summed E-state index contributed by atoms with van der Waals surface area (Å²) in [6.07, 6.45) is -4.55. The van der Waals surface area contributed by atoms with Gasteiger partial charge in [-0.1, -0.05) is 41.4 Å². The molecule has 1 aromatic carbocycles. The lowest BCUT2D eigenvalue weighted by atomic mass is 10.1. The fourth-order valence-corrected chi connectivity index (χ4v) is 1.87. The Bertz CT molecular complexity index is 551. The van der Waals surface area contributed by atoms with Gasteiger partial charge in [-0.3, -0.25) is 0 Å². The van der Waals surface area contributed by atoms with Gasteiger partial charge in [-0.05, 0) is 6.07 Å². The van der Waals surface area contributed by atoms with E-state index in [-0.39, 0.29) is 16.1 Å². The van der Waals surface area contributed by atoms with Crippen molar-refractivity contribution in [3.63, 3.8) is 0 Å². The van der Waals surface area contributed by atoms with Crippen LogP contribution in [0.25, 0.3) is 10.9 Å². The average molecular weight is 266 g/mol. The maximum Gasteiger partial charge on any atom is 0.418 e. The van der Waals surface area contributed by atoms with Crippen LogP contribution in [-0.2, 0) is 6.18 Å². The fourth-order valence-electron chi connectivity index (χ4n) is 1.44. The van der Waals surface area contributed by atoms with Crippen molar-refractivity contribution in [2.24, 2.45) is 0 Å². The topological polar surface area (TPSA) is 12.9 Å². The molecule has 1 heterocycles. The Balaban J connectivity index is 2.93. The summed E-state index contributed by atoms with van der Waals surface area (Å²) >= 11 is 11.1. The Labute approximate surface area is 98.8 Å². The zero-order chi connectivity index (χ0) is 11.9. The molecule has 6 heteroatoms. The van der Waals surface area contributed by atoms with Gasteiger partial charge in [0.2, 0.25) is 0 Å². The molecule has 0 amide bonds. The van der Waals surface area contributed by atoms with Crippen LogP contribution in [-0.4, -0.2) is 4.98 Å².